The molecule has 0 N–H and O–H groups in total. The molecule has 4 heteroatoms. The molecule has 0 saturated heterocycles. The highest BCUT2D eigenvalue weighted by atomic mass is 19.4. The molecule has 2 aromatic rings. The number of hydrogen-bond acceptors (Lipinski definition) is 1. The van der Waals surface area contributed by atoms with Gasteiger partial charge >= 0.3 is 6.18 Å². The summed E-state index contributed by atoms with van der Waals surface area (Å²) in [6.07, 6.45) is -4.23. The zero-order valence-corrected chi connectivity index (χ0v) is 15.3. The van der Waals surface area contributed by atoms with Crippen molar-refractivity contribution in [2.45, 2.75) is 67.5 Å². The Labute approximate surface area is 162 Å². The third-order valence-corrected chi connectivity index (χ3v) is 3.87. The van der Waals surface area contributed by atoms with Gasteiger partial charge in [0, 0.05) is 5.56 Å². The van der Waals surface area contributed by atoms with Crippen LogP contribution in [0.2, 0.25) is 0 Å². The summed E-state index contributed by atoms with van der Waals surface area (Å²) >= 11 is 0. The lowest BCUT2D eigenvalue weighted by atomic mass is 9.95. The van der Waals surface area contributed by atoms with Crippen LogP contribution >= 0.6 is 0 Å². The summed E-state index contributed by atoms with van der Waals surface area (Å²) in [5, 5.41) is 0. The van der Waals surface area contributed by atoms with E-state index in [1.807, 2.05) is 38.1 Å². The van der Waals surface area contributed by atoms with Crippen molar-refractivity contribution < 1.29 is 18.0 Å². The van der Waals surface area contributed by atoms with Crippen LogP contribution < -0.4 is 0 Å². The first-order valence-corrected chi connectivity index (χ1v) is 8.31. The smallest absolute Gasteiger partial charge is 0.295 e. The quantitative estimate of drug-likeness (QED) is 0.490. The fraction of sp³-hybridized carbons (Fsp3) is 0.435. The van der Waals surface area contributed by atoms with Crippen LogP contribution in [0.3, 0.4) is 0 Å². The van der Waals surface area contributed by atoms with Gasteiger partial charge in [-0.25, -0.2) is 0 Å². The van der Waals surface area contributed by atoms with Gasteiger partial charge in [0.05, 0.1) is 5.56 Å². The van der Waals surface area contributed by atoms with Crippen LogP contribution in [0.4, 0.5) is 13.2 Å². The van der Waals surface area contributed by atoms with E-state index in [1.165, 1.54) is 12.1 Å². The molecule has 0 aliphatic rings. The van der Waals surface area contributed by atoms with Crippen molar-refractivity contribution in [3.63, 3.8) is 0 Å². The maximum Gasteiger partial charge on any atom is 0.416 e. The Morgan fingerprint density at radius 1 is 0.815 bits per heavy atom. The lowest BCUT2D eigenvalue weighted by molar-refractivity contribution is -0.137. The summed E-state index contributed by atoms with van der Waals surface area (Å²) in [6, 6.07) is 13.1. The van der Waals surface area contributed by atoms with Crippen LogP contribution in [0.25, 0.3) is 0 Å². The molecule has 0 aromatic heterocycles. The number of Topliss-reactive ketones (excluding diaryl/α,β-unsaturated/α-hetero) is 1. The molecule has 0 bridgehead atoms. The summed E-state index contributed by atoms with van der Waals surface area (Å²) in [7, 11) is 0. The molecule has 0 unspecified atom stereocenters. The molecule has 27 heavy (non-hydrogen) atoms. The lowest BCUT2D eigenvalue weighted by Crippen LogP contribution is -2.04. The van der Waals surface area contributed by atoms with Crippen molar-refractivity contribution in [1.29, 1.82) is 0 Å². The van der Waals surface area contributed by atoms with Gasteiger partial charge in [-0.15, -0.1) is 0 Å². The van der Waals surface area contributed by atoms with Crippen molar-refractivity contribution in [3.8, 4) is 0 Å². The minimum atomic E-state index is -4.23. The Morgan fingerprint density at radius 3 is 1.63 bits per heavy atom. The Hall–Kier alpha value is -2.10. The fourth-order valence-electron chi connectivity index (χ4n) is 2.38. The molecule has 0 spiro atoms. The molecule has 152 valence electrons. The molecule has 0 radical (unpaired) electrons. The van der Waals surface area contributed by atoms with E-state index in [0.717, 1.165) is 28.8 Å². The molecule has 2 rings (SSSR count). The van der Waals surface area contributed by atoms with E-state index in [1.54, 1.807) is 6.92 Å². The SMILES string of the molecule is C.C.CC(=O)c1ccccc1C(C)C.CC(C)c1ccc(C(F)(F)F)cc1. The topological polar surface area (TPSA) is 17.1 Å². The van der Waals surface area contributed by atoms with Gasteiger partial charge in [-0.05, 0) is 42.0 Å². The van der Waals surface area contributed by atoms with Crippen LogP contribution in [0, 0.1) is 0 Å². The maximum atomic E-state index is 12.1. The number of alkyl halides is 3. The fourth-order valence-corrected chi connectivity index (χ4v) is 2.38. The second-order valence-electron chi connectivity index (χ2n) is 6.57. The van der Waals surface area contributed by atoms with Crippen LogP contribution in [0.15, 0.2) is 48.5 Å². The van der Waals surface area contributed by atoms with Crippen molar-refractivity contribution >= 4 is 5.78 Å². The third-order valence-electron chi connectivity index (χ3n) is 3.87. The zero-order chi connectivity index (χ0) is 19.2. The summed E-state index contributed by atoms with van der Waals surface area (Å²) < 4.78 is 36.4. The van der Waals surface area contributed by atoms with Gasteiger partial charge in [-0.2, -0.15) is 13.2 Å². The van der Waals surface area contributed by atoms with Gasteiger partial charge in [-0.3, -0.25) is 4.79 Å². The average Bonchev–Trinajstić information content (AvgIpc) is 2.54. The number of carbonyl (C=O) groups excluding carboxylic acids is 1. The predicted molar refractivity (Wildman–Crippen MR) is 110 cm³/mol. The molecule has 2 aromatic carbocycles. The monoisotopic (exact) mass is 382 g/mol. The number of rotatable bonds is 3. The van der Waals surface area contributed by atoms with E-state index >= 15 is 0 Å². The summed E-state index contributed by atoms with van der Waals surface area (Å²) in [5.41, 5.74) is 2.34. The van der Waals surface area contributed by atoms with Crippen LogP contribution in [0.1, 0.15) is 88.4 Å². The van der Waals surface area contributed by atoms with E-state index in [4.69, 9.17) is 0 Å². The highest BCUT2D eigenvalue weighted by Crippen LogP contribution is 2.30. The lowest BCUT2D eigenvalue weighted by Gasteiger charge is -2.09. The molecular weight excluding hydrogens is 349 g/mol. The van der Waals surface area contributed by atoms with E-state index in [9.17, 15) is 18.0 Å². The molecule has 0 saturated carbocycles. The number of ketones is 1. The molecule has 0 amide bonds. The Bertz CT molecular complexity index is 684. The van der Waals surface area contributed by atoms with Gasteiger partial charge in [0.1, 0.15) is 0 Å². The van der Waals surface area contributed by atoms with E-state index in [0.29, 0.717) is 5.92 Å². The predicted octanol–water partition coefficient (Wildman–Crippen LogP) is 8.11. The highest BCUT2D eigenvalue weighted by Gasteiger charge is 2.29. The molecule has 0 aliphatic carbocycles. The minimum Gasteiger partial charge on any atom is -0.295 e. The zero-order valence-electron chi connectivity index (χ0n) is 15.3. The number of halogens is 3. The largest absolute Gasteiger partial charge is 0.416 e. The van der Waals surface area contributed by atoms with E-state index in [-0.39, 0.29) is 26.6 Å². The van der Waals surface area contributed by atoms with Crippen molar-refractivity contribution in [3.05, 3.63) is 70.8 Å². The highest BCUT2D eigenvalue weighted by molar-refractivity contribution is 5.95. The van der Waals surface area contributed by atoms with E-state index in [2.05, 4.69) is 13.8 Å². The third kappa shape index (κ3) is 8.42. The van der Waals surface area contributed by atoms with Gasteiger partial charge in [0.25, 0.3) is 0 Å². The van der Waals surface area contributed by atoms with Gasteiger partial charge < -0.3 is 0 Å². The van der Waals surface area contributed by atoms with Crippen molar-refractivity contribution in [2.24, 2.45) is 0 Å². The molecule has 1 nitrogen and oxygen atoms in total. The Kier molecular flexibility index (Phi) is 11.6. The Balaban J connectivity index is 0. The van der Waals surface area contributed by atoms with Crippen LogP contribution in [-0.4, -0.2) is 5.78 Å². The molecule has 0 atom stereocenters. The molecule has 0 fully saturated rings. The first kappa shape index (κ1) is 27.1. The van der Waals surface area contributed by atoms with Gasteiger partial charge in [-0.1, -0.05) is 78.9 Å². The first-order chi connectivity index (χ1) is 11.5. The first-order valence-electron chi connectivity index (χ1n) is 8.31. The Morgan fingerprint density at radius 2 is 1.30 bits per heavy atom. The number of benzene rings is 2. The number of carbonyl (C=O) groups is 1. The molecular formula is C23H33F3O. The molecule has 0 heterocycles. The van der Waals surface area contributed by atoms with Crippen molar-refractivity contribution in [1.82, 2.24) is 0 Å². The number of hydrogen-bond donors (Lipinski definition) is 0. The van der Waals surface area contributed by atoms with E-state index < -0.39 is 11.7 Å². The standard InChI is InChI=1S/C11H14O.C10H11F3.2CH4/c1-8(2)10-6-4-5-7-11(10)9(3)12;1-7(2)8-3-5-9(6-4-8)10(11,12)13;;/h4-8H,1-3H3;3-7H,1-2H3;2*1H4. The van der Waals surface area contributed by atoms with Gasteiger partial charge in [0.2, 0.25) is 0 Å². The normalized spacial score (nSPS) is 10.4. The van der Waals surface area contributed by atoms with Gasteiger partial charge in [0.15, 0.2) is 5.78 Å². The summed E-state index contributed by atoms with van der Waals surface area (Å²) in [5.74, 6) is 0.840. The molecule has 0 aliphatic heterocycles. The second-order valence-corrected chi connectivity index (χ2v) is 6.57. The maximum absolute atomic E-state index is 12.1. The average molecular weight is 383 g/mol. The van der Waals surface area contributed by atoms with Crippen molar-refractivity contribution in [2.75, 3.05) is 0 Å². The second kappa shape index (κ2) is 11.6. The summed E-state index contributed by atoms with van der Waals surface area (Å²) in [4.78, 5) is 11.2. The summed E-state index contributed by atoms with van der Waals surface area (Å²) in [6.45, 7) is 9.70. The minimum absolute atomic E-state index is 0. The van der Waals surface area contributed by atoms with Crippen LogP contribution in [-0.2, 0) is 6.18 Å². The van der Waals surface area contributed by atoms with Crippen LogP contribution in [0.5, 0.6) is 0 Å².